The van der Waals surface area contributed by atoms with Crippen molar-refractivity contribution in [2.45, 2.75) is 168 Å². The topological polar surface area (TPSA) is 0 Å². The zero-order valence-corrected chi connectivity index (χ0v) is 20.3. The highest BCUT2D eigenvalue weighted by Crippen LogP contribution is 2.23. The van der Waals surface area contributed by atoms with Crippen molar-refractivity contribution < 1.29 is 0 Å². The van der Waals surface area contributed by atoms with Gasteiger partial charge in [0.25, 0.3) is 0 Å². The molecule has 0 aromatic heterocycles. The molecule has 0 nitrogen and oxygen atoms in total. The van der Waals surface area contributed by atoms with Crippen LogP contribution in [0.15, 0.2) is 0 Å². The first-order valence-electron chi connectivity index (χ1n) is 13.6. The van der Waals surface area contributed by atoms with Crippen molar-refractivity contribution in [2.24, 2.45) is 5.92 Å². The van der Waals surface area contributed by atoms with Crippen molar-refractivity contribution in [2.75, 3.05) is 0 Å². The average molecular weight is 394 g/mol. The molecule has 0 fully saturated rings. The summed E-state index contributed by atoms with van der Waals surface area (Å²) in [6.07, 6.45) is 34.6. The predicted octanol–water partition coefficient (Wildman–Crippen LogP) is 10.8. The third-order valence-electron chi connectivity index (χ3n) is 6.54. The molecule has 0 aliphatic heterocycles. The molecule has 0 aliphatic rings. The van der Waals surface area contributed by atoms with Gasteiger partial charge in [-0.15, -0.1) is 0 Å². The molecule has 0 rings (SSSR count). The van der Waals surface area contributed by atoms with Crippen molar-refractivity contribution in [3.63, 3.8) is 0 Å². The van der Waals surface area contributed by atoms with Crippen LogP contribution < -0.4 is 0 Å². The van der Waals surface area contributed by atoms with Gasteiger partial charge in [0.05, 0.1) is 0 Å². The Morgan fingerprint density at radius 2 is 0.679 bits per heavy atom. The highest BCUT2D eigenvalue weighted by atomic mass is 14.1. The van der Waals surface area contributed by atoms with Gasteiger partial charge in [-0.05, 0) is 5.92 Å². The van der Waals surface area contributed by atoms with Gasteiger partial charge in [0.1, 0.15) is 0 Å². The van der Waals surface area contributed by atoms with Crippen LogP contribution in [0.1, 0.15) is 168 Å². The fraction of sp³-hybridized carbons (Fsp3) is 0.964. The van der Waals surface area contributed by atoms with E-state index in [0.717, 1.165) is 12.3 Å². The third-order valence-corrected chi connectivity index (χ3v) is 6.54. The SMILES string of the molecule is [CH2]CCC(CCCCCCCCCC)CCCCCCCCCCCCCC. The molecule has 169 valence electrons. The molecule has 0 spiro atoms. The molecular formula is C28H57. The van der Waals surface area contributed by atoms with Gasteiger partial charge in [-0.1, -0.05) is 175 Å². The first-order valence-corrected chi connectivity index (χ1v) is 13.6. The van der Waals surface area contributed by atoms with Crippen molar-refractivity contribution >= 4 is 0 Å². The van der Waals surface area contributed by atoms with Crippen LogP contribution in [0.2, 0.25) is 0 Å². The Balaban J connectivity index is 3.39. The lowest BCUT2D eigenvalue weighted by atomic mass is 9.90. The van der Waals surface area contributed by atoms with Crippen molar-refractivity contribution in [1.29, 1.82) is 0 Å². The lowest BCUT2D eigenvalue weighted by molar-refractivity contribution is 0.381. The molecule has 28 heavy (non-hydrogen) atoms. The number of hydrogen-bond acceptors (Lipinski definition) is 0. The van der Waals surface area contributed by atoms with Crippen molar-refractivity contribution in [3.8, 4) is 0 Å². The van der Waals surface area contributed by atoms with Crippen LogP contribution in [0, 0.1) is 12.8 Å². The van der Waals surface area contributed by atoms with E-state index in [-0.39, 0.29) is 0 Å². The Morgan fingerprint density at radius 3 is 0.964 bits per heavy atom. The molecule has 0 aromatic rings. The van der Waals surface area contributed by atoms with Crippen molar-refractivity contribution in [3.05, 3.63) is 6.92 Å². The van der Waals surface area contributed by atoms with E-state index in [2.05, 4.69) is 20.8 Å². The summed E-state index contributed by atoms with van der Waals surface area (Å²) in [5, 5.41) is 0. The minimum absolute atomic E-state index is 0.973. The fourth-order valence-corrected chi connectivity index (χ4v) is 4.56. The lowest BCUT2D eigenvalue weighted by Crippen LogP contribution is -2.00. The Bertz CT molecular complexity index is 257. The molecular weight excluding hydrogens is 336 g/mol. The highest BCUT2D eigenvalue weighted by Gasteiger charge is 2.07. The normalized spacial score (nSPS) is 12.5. The van der Waals surface area contributed by atoms with Gasteiger partial charge in [0, 0.05) is 0 Å². The average Bonchev–Trinajstić information content (AvgIpc) is 2.70. The second kappa shape index (κ2) is 25.0. The molecule has 1 atom stereocenters. The minimum Gasteiger partial charge on any atom is -0.0654 e. The molecule has 0 aliphatic carbocycles. The molecule has 0 heterocycles. The minimum atomic E-state index is 0.973. The Morgan fingerprint density at radius 1 is 0.393 bits per heavy atom. The van der Waals surface area contributed by atoms with Crippen molar-refractivity contribution in [1.82, 2.24) is 0 Å². The number of hydrogen-bond donors (Lipinski definition) is 0. The van der Waals surface area contributed by atoms with Crippen LogP contribution in [-0.2, 0) is 0 Å². The zero-order chi connectivity index (χ0) is 20.5. The van der Waals surface area contributed by atoms with Gasteiger partial charge >= 0.3 is 0 Å². The molecule has 1 radical (unpaired) electrons. The zero-order valence-electron chi connectivity index (χ0n) is 20.3. The van der Waals surface area contributed by atoms with Crippen LogP contribution in [-0.4, -0.2) is 0 Å². The maximum absolute atomic E-state index is 4.12. The molecule has 0 N–H and O–H groups in total. The van der Waals surface area contributed by atoms with E-state index in [4.69, 9.17) is 0 Å². The van der Waals surface area contributed by atoms with Gasteiger partial charge < -0.3 is 0 Å². The maximum atomic E-state index is 4.12. The van der Waals surface area contributed by atoms with Crippen LogP contribution in [0.5, 0.6) is 0 Å². The molecule has 0 amide bonds. The highest BCUT2D eigenvalue weighted by molar-refractivity contribution is 4.62. The standard InChI is InChI=1S/C28H57/c1-4-7-9-11-13-15-16-17-18-20-22-24-27-28(25-6-3)26-23-21-19-14-12-10-8-5-2/h28H,3-27H2,1-2H3. The maximum Gasteiger partial charge on any atom is -0.0414 e. The predicted molar refractivity (Wildman–Crippen MR) is 131 cm³/mol. The number of rotatable bonds is 24. The van der Waals surface area contributed by atoms with Crippen LogP contribution in [0.4, 0.5) is 0 Å². The summed E-state index contributed by atoms with van der Waals surface area (Å²) in [7, 11) is 0. The smallest absolute Gasteiger partial charge is 0.0414 e. The Labute approximate surface area is 181 Å². The van der Waals surface area contributed by atoms with Crippen LogP contribution in [0.3, 0.4) is 0 Å². The molecule has 0 heteroatoms. The largest absolute Gasteiger partial charge is 0.0654 e. The van der Waals surface area contributed by atoms with Gasteiger partial charge in [0.15, 0.2) is 0 Å². The third kappa shape index (κ3) is 22.3. The fourth-order valence-electron chi connectivity index (χ4n) is 4.56. The van der Waals surface area contributed by atoms with Crippen LogP contribution >= 0.6 is 0 Å². The van der Waals surface area contributed by atoms with Gasteiger partial charge in [-0.3, -0.25) is 0 Å². The second-order valence-corrected chi connectivity index (χ2v) is 9.45. The first kappa shape index (κ1) is 28.0. The summed E-state index contributed by atoms with van der Waals surface area (Å²) in [6, 6.07) is 0. The first-order chi connectivity index (χ1) is 13.8. The second-order valence-electron chi connectivity index (χ2n) is 9.45. The van der Waals surface area contributed by atoms with E-state index in [9.17, 15) is 0 Å². The Kier molecular flexibility index (Phi) is 25.0. The van der Waals surface area contributed by atoms with Gasteiger partial charge in [-0.25, -0.2) is 0 Å². The summed E-state index contributed by atoms with van der Waals surface area (Å²) in [5.74, 6) is 0.973. The summed E-state index contributed by atoms with van der Waals surface area (Å²) in [6.45, 7) is 8.73. The molecule has 1 unspecified atom stereocenters. The van der Waals surface area contributed by atoms with E-state index in [0.29, 0.717) is 0 Å². The number of unbranched alkanes of at least 4 members (excludes halogenated alkanes) is 18. The molecule has 0 bridgehead atoms. The monoisotopic (exact) mass is 393 g/mol. The van der Waals surface area contributed by atoms with Crippen LogP contribution in [0.25, 0.3) is 0 Å². The molecule has 0 aromatic carbocycles. The summed E-state index contributed by atoms with van der Waals surface area (Å²) < 4.78 is 0. The quantitative estimate of drug-likeness (QED) is 0.143. The van der Waals surface area contributed by atoms with E-state index in [1.165, 1.54) is 148 Å². The molecule has 0 saturated carbocycles. The summed E-state index contributed by atoms with van der Waals surface area (Å²) in [4.78, 5) is 0. The lowest BCUT2D eigenvalue weighted by Gasteiger charge is -2.16. The van der Waals surface area contributed by atoms with Gasteiger partial charge in [0.2, 0.25) is 0 Å². The van der Waals surface area contributed by atoms with E-state index >= 15 is 0 Å². The van der Waals surface area contributed by atoms with E-state index in [1.807, 2.05) is 0 Å². The van der Waals surface area contributed by atoms with E-state index < -0.39 is 0 Å². The molecule has 0 saturated heterocycles. The Hall–Kier alpha value is 0. The summed E-state index contributed by atoms with van der Waals surface area (Å²) in [5.41, 5.74) is 0. The van der Waals surface area contributed by atoms with E-state index in [1.54, 1.807) is 0 Å². The van der Waals surface area contributed by atoms with Gasteiger partial charge in [-0.2, -0.15) is 0 Å². The summed E-state index contributed by atoms with van der Waals surface area (Å²) >= 11 is 0.